The number of hydrogen-bond acceptors (Lipinski definition) is 2. The van der Waals surface area contributed by atoms with Crippen LogP contribution < -0.4 is 0 Å². The van der Waals surface area contributed by atoms with E-state index in [2.05, 4.69) is 4.74 Å². The zero-order valence-corrected chi connectivity index (χ0v) is 5.11. The third-order valence-corrected chi connectivity index (χ3v) is 0.680. The minimum absolute atomic E-state index is 0.140. The summed E-state index contributed by atoms with van der Waals surface area (Å²) in [5.41, 5.74) is 0. The Morgan fingerprint density at radius 3 is 2.30 bits per heavy atom. The van der Waals surface area contributed by atoms with Crippen molar-refractivity contribution in [2.24, 2.45) is 0 Å². The molecule has 0 atom stereocenters. The van der Waals surface area contributed by atoms with Crippen molar-refractivity contribution in [2.45, 2.75) is 6.42 Å². The fourth-order valence-electron chi connectivity index (χ4n) is 0.281. The normalized spacial score (nSPS) is 9.20. The van der Waals surface area contributed by atoms with Gasteiger partial charge < -0.3 is 9.84 Å². The Kier molecular flexibility index (Phi) is 4.74. The Morgan fingerprint density at radius 1 is 1.30 bits per heavy atom. The number of halogens is 3. The topological polar surface area (TPSA) is 29.5 Å². The van der Waals surface area contributed by atoms with E-state index in [4.69, 9.17) is 5.11 Å². The van der Waals surface area contributed by atoms with Gasteiger partial charge in [-0.05, 0) is 0 Å². The first kappa shape index (κ1) is 9.29. The van der Waals surface area contributed by atoms with Gasteiger partial charge in [-0.1, -0.05) is 0 Å². The molecule has 10 heavy (non-hydrogen) atoms. The molecule has 1 N–H and O–H groups in total. The molecular formula is C5H7F3O2. The summed E-state index contributed by atoms with van der Waals surface area (Å²) >= 11 is 0. The van der Waals surface area contributed by atoms with E-state index in [0.29, 0.717) is 0 Å². The molecule has 0 fully saturated rings. The third-order valence-electron chi connectivity index (χ3n) is 0.680. The Hall–Kier alpha value is -0.710. The number of aliphatic hydroxyl groups is 1. The van der Waals surface area contributed by atoms with Crippen LogP contribution in [-0.4, -0.2) is 18.3 Å². The number of ether oxygens (including phenoxy) is 1. The maximum Gasteiger partial charge on any atom is 0.342 e. The molecule has 0 aromatic heterocycles. The van der Waals surface area contributed by atoms with E-state index in [9.17, 15) is 13.2 Å². The van der Waals surface area contributed by atoms with Crippen molar-refractivity contribution < 1.29 is 23.0 Å². The molecule has 0 bridgehead atoms. The summed E-state index contributed by atoms with van der Waals surface area (Å²) in [4.78, 5) is 0. The molecule has 0 heterocycles. The minimum atomic E-state index is -2.47. The molecule has 5 heteroatoms. The fourth-order valence-corrected chi connectivity index (χ4v) is 0.281. The van der Waals surface area contributed by atoms with Gasteiger partial charge >= 0.3 is 12.1 Å². The van der Waals surface area contributed by atoms with E-state index in [-0.39, 0.29) is 19.6 Å². The fraction of sp³-hybridized carbons (Fsp3) is 0.600. The monoisotopic (exact) mass is 156 g/mol. The van der Waals surface area contributed by atoms with Crippen LogP contribution in [0.2, 0.25) is 0 Å². The summed E-state index contributed by atoms with van der Waals surface area (Å²) in [6.45, 7) is -0.444. The maximum absolute atomic E-state index is 11.7. The van der Waals surface area contributed by atoms with Crippen LogP contribution >= 0.6 is 0 Å². The second-order valence-corrected chi connectivity index (χ2v) is 1.46. The SMILES string of the molecule is OCCCOC(F)=C(F)F. The molecule has 0 aromatic carbocycles. The Morgan fingerprint density at radius 2 is 1.90 bits per heavy atom. The highest BCUT2D eigenvalue weighted by molar-refractivity contribution is 4.80. The Bertz CT molecular complexity index is 120. The lowest BCUT2D eigenvalue weighted by Gasteiger charge is -1.98. The largest absolute Gasteiger partial charge is 0.467 e. The van der Waals surface area contributed by atoms with Crippen LogP contribution in [-0.2, 0) is 4.74 Å². The summed E-state index contributed by atoms with van der Waals surface area (Å²) in [6.07, 6.45) is -2.33. The van der Waals surface area contributed by atoms with Gasteiger partial charge in [0.15, 0.2) is 0 Å². The molecular weight excluding hydrogens is 149 g/mol. The minimum Gasteiger partial charge on any atom is -0.467 e. The highest BCUT2D eigenvalue weighted by atomic mass is 19.3. The molecule has 0 radical (unpaired) electrons. The Balaban J connectivity index is 3.40. The van der Waals surface area contributed by atoms with Gasteiger partial charge in [0.05, 0.1) is 6.61 Å². The van der Waals surface area contributed by atoms with E-state index in [1.165, 1.54) is 0 Å². The molecule has 0 saturated carbocycles. The molecule has 0 aromatic rings. The van der Waals surface area contributed by atoms with Crippen molar-refractivity contribution in [3.05, 3.63) is 12.1 Å². The van der Waals surface area contributed by atoms with Gasteiger partial charge in [0.25, 0.3) is 0 Å². The van der Waals surface area contributed by atoms with Crippen LogP contribution in [0.3, 0.4) is 0 Å². The first-order chi connectivity index (χ1) is 4.68. The first-order valence-electron chi connectivity index (χ1n) is 2.63. The highest BCUT2D eigenvalue weighted by Gasteiger charge is 2.04. The number of hydrogen-bond donors (Lipinski definition) is 1. The number of aliphatic hydroxyl groups excluding tert-OH is 1. The molecule has 2 nitrogen and oxygen atoms in total. The molecule has 0 saturated heterocycles. The van der Waals surface area contributed by atoms with Crippen molar-refractivity contribution in [1.82, 2.24) is 0 Å². The zero-order valence-electron chi connectivity index (χ0n) is 5.11. The molecule has 0 amide bonds. The third kappa shape index (κ3) is 4.20. The lowest BCUT2D eigenvalue weighted by Crippen LogP contribution is -1.94. The molecule has 0 aliphatic carbocycles. The highest BCUT2D eigenvalue weighted by Crippen LogP contribution is 2.09. The second kappa shape index (κ2) is 5.10. The summed E-state index contributed by atoms with van der Waals surface area (Å²) in [5, 5.41) is 8.11. The average Bonchev–Trinajstić information content (AvgIpc) is 1.88. The van der Waals surface area contributed by atoms with Crippen LogP contribution in [0.5, 0.6) is 0 Å². The van der Waals surface area contributed by atoms with Gasteiger partial charge in [0.1, 0.15) is 0 Å². The molecule has 0 spiro atoms. The van der Waals surface area contributed by atoms with Crippen molar-refractivity contribution in [1.29, 1.82) is 0 Å². The molecule has 0 rings (SSSR count). The predicted octanol–water partition coefficient (Wildman–Crippen LogP) is 1.42. The van der Waals surface area contributed by atoms with E-state index in [0.717, 1.165) is 0 Å². The van der Waals surface area contributed by atoms with Crippen molar-refractivity contribution in [2.75, 3.05) is 13.2 Å². The maximum atomic E-state index is 11.7. The molecule has 0 unspecified atom stereocenters. The second-order valence-electron chi connectivity index (χ2n) is 1.46. The van der Waals surface area contributed by atoms with Crippen LogP contribution in [0, 0.1) is 0 Å². The lowest BCUT2D eigenvalue weighted by molar-refractivity contribution is 0.106. The standard InChI is InChI=1S/C5H7F3O2/c6-4(7)5(8)10-3-1-2-9/h9H,1-3H2. The van der Waals surface area contributed by atoms with Crippen molar-refractivity contribution in [3.63, 3.8) is 0 Å². The van der Waals surface area contributed by atoms with E-state index < -0.39 is 12.1 Å². The van der Waals surface area contributed by atoms with Gasteiger partial charge in [-0.25, -0.2) is 0 Å². The van der Waals surface area contributed by atoms with Crippen LogP contribution in [0.15, 0.2) is 12.1 Å². The predicted molar refractivity (Wildman–Crippen MR) is 28.0 cm³/mol. The van der Waals surface area contributed by atoms with E-state index in [1.54, 1.807) is 0 Å². The van der Waals surface area contributed by atoms with Crippen LogP contribution in [0.1, 0.15) is 6.42 Å². The first-order valence-corrected chi connectivity index (χ1v) is 2.63. The van der Waals surface area contributed by atoms with Gasteiger partial charge in [0.2, 0.25) is 0 Å². The van der Waals surface area contributed by atoms with Gasteiger partial charge in [-0.3, -0.25) is 0 Å². The average molecular weight is 156 g/mol. The molecule has 60 valence electrons. The molecule has 0 aliphatic heterocycles. The molecule has 0 aliphatic rings. The van der Waals surface area contributed by atoms with E-state index in [1.807, 2.05) is 0 Å². The van der Waals surface area contributed by atoms with Gasteiger partial charge in [-0.15, -0.1) is 0 Å². The van der Waals surface area contributed by atoms with Crippen molar-refractivity contribution >= 4 is 0 Å². The lowest BCUT2D eigenvalue weighted by atomic mass is 10.5. The Labute approximate surface area is 55.9 Å². The number of rotatable bonds is 4. The smallest absolute Gasteiger partial charge is 0.342 e. The van der Waals surface area contributed by atoms with Crippen LogP contribution in [0.4, 0.5) is 13.2 Å². The van der Waals surface area contributed by atoms with Gasteiger partial charge in [-0.2, -0.15) is 13.2 Å². The summed E-state index contributed by atoms with van der Waals surface area (Å²) in [7, 11) is 0. The van der Waals surface area contributed by atoms with Crippen LogP contribution in [0.25, 0.3) is 0 Å². The summed E-state index contributed by atoms with van der Waals surface area (Å²) < 4.78 is 37.9. The van der Waals surface area contributed by atoms with Crippen molar-refractivity contribution in [3.8, 4) is 0 Å². The summed E-state index contributed by atoms with van der Waals surface area (Å²) in [5.74, 6) is 0. The quantitative estimate of drug-likeness (QED) is 0.492. The van der Waals surface area contributed by atoms with E-state index >= 15 is 0 Å². The van der Waals surface area contributed by atoms with Gasteiger partial charge in [0, 0.05) is 13.0 Å². The zero-order chi connectivity index (χ0) is 7.98. The summed E-state index contributed by atoms with van der Waals surface area (Å²) in [6, 6.07) is -1.87.